The highest BCUT2D eigenvalue weighted by Crippen LogP contribution is 2.27. The quantitative estimate of drug-likeness (QED) is 0.186. The predicted octanol–water partition coefficient (Wildman–Crippen LogP) is 4.26. The van der Waals surface area contributed by atoms with E-state index in [9.17, 15) is 32.5 Å². The molecule has 1 N–H and O–H groups in total. The van der Waals surface area contributed by atoms with Crippen molar-refractivity contribution in [3.8, 4) is 0 Å². The van der Waals surface area contributed by atoms with Gasteiger partial charge < -0.3 is 10.2 Å². The van der Waals surface area contributed by atoms with E-state index in [1.165, 1.54) is 67.6 Å². The van der Waals surface area contributed by atoms with Crippen molar-refractivity contribution in [2.45, 2.75) is 44.2 Å². The van der Waals surface area contributed by atoms with E-state index >= 15 is 0 Å². The van der Waals surface area contributed by atoms with Crippen LogP contribution in [0.4, 0.5) is 15.8 Å². The summed E-state index contributed by atoms with van der Waals surface area (Å²) in [5, 5.41) is 14.2. The molecule has 0 bridgehead atoms. The van der Waals surface area contributed by atoms with E-state index in [-0.39, 0.29) is 28.4 Å². The number of amides is 2. The highest BCUT2D eigenvalue weighted by Gasteiger charge is 2.33. The van der Waals surface area contributed by atoms with Crippen LogP contribution in [0.25, 0.3) is 0 Å². The summed E-state index contributed by atoms with van der Waals surface area (Å²) < 4.78 is 42.8. The van der Waals surface area contributed by atoms with Crippen LogP contribution in [0.3, 0.4) is 0 Å². The summed E-state index contributed by atoms with van der Waals surface area (Å²) in [6.07, 6.45) is 1.55. The number of halogens is 1. The SMILES string of the molecule is CCCCNC(=O)[C@@H](C)N(Cc1ccccc1F)C(=O)CN(c1cccc([N+](=O)[O-])c1)S(=O)(=O)c1ccccc1. The molecule has 0 radical (unpaired) electrons. The molecule has 0 saturated carbocycles. The molecule has 0 aliphatic rings. The molecule has 0 aromatic heterocycles. The first kappa shape index (κ1) is 30.2. The average molecular weight is 571 g/mol. The van der Waals surface area contributed by atoms with Gasteiger partial charge in [-0.25, -0.2) is 12.8 Å². The van der Waals surface area contributed by atoms with Gasteiger partial charge in [0.15, 0.2) is 0 Å². The van der Waals surface area contributed by atoms with Crippen LogP contribution in [0, 0.1) is 15.9 Å². The Balaban J connectivity index is 2.04. The number of benzene rings is 3. The Kier molecular flexibility index (Phi) is 10.3. The normalized spacial score (nSPS) is 11.9. The van der Waals surface area contributed by atoms with Gasteiger partial charge in [-0.15, -0.1) is 0 Å². The fourth-order valence-electron chi connectivity index (χ4n) is 3.94. The van der Waals surface area contributed by atoms with Gasteiger partial charge in [0.2, 0.25) is 11.8 Å². The van der Waals surface area contributed by atoms with Gasteiger partial charge in [-0.2, -0.15) is 0 Å². The molecule has 0 spiro atoms. The van der Waals surface area contributed by atoms with E-state index in [4.69, 9.17) is 0 Å². The van der Waals surface area contributed by atoms with Crippen molar-refractivity contribution in [3.63, 3.8) is 0 Å². The lowest BCUT2D eigenvalue weighted by Crippen LogP contribution is -2.51. The van der Waals surface area contributed by atoms with E-state index in [2.05, 4.69) is 5.32 Å². The maximum atomic E-state index is 14.6. The third kappa shape index (κ3) is 7.41. The number of non-ortho nitro benzene ring substituents is 1. The number of hydrogen-bond acceptors (Lipinski definition) is 6. The van der Waals surface area contributed by atoms with Gasteiger partial charge in [0.05, 0.1) is 15.5 Å². The van der Waals surface area contributed by atoms with Gasteiger partial charge in [0.1, 0.15) is 18.4 Å². The molecule has 40 heavy (non-hydrogen) atoms. The number of hydrogen-bond donors (Lipinski definition) is 1. The van der Waals surface area contributed by atoms with Gasteiger partial charge in [-0.3, -0.25) is 24.0 Å². The van der Waals surface area contributed by atoms with Crippen LogP contribution in [0.2, 0.25) is 0 Å². The molecule has 0 fully saturated rings. The molecule has 3 rings (SSSR count). The number of carbonyl (C=O) groups excluding carboxylic acids is 2. The maximum Gasteiger partial charge on any atom is 0.271 e. The Morgan fingerprint density at radius 2 is 1.70 bits per heavy atom. The number of unbranched alkanes of at least 4 members (excludes halogenated alkanes) is 1. The number of sulfonamides is 1. The Labute approximate surface area is 232 Å². The minimum Gasteiger partial charge on any atom is -0.354 e. The summed E-state index contributed by atoms with van der Waals surface area (Å²) in [4.78, 5) is 38.4. The molecule has 0 aliphatic carbocycles. The molecular weight excluding hydrogens is 539 g/mol. The van der Waals surface area contributed by atoms with E-state index in [1.54, 1.807) is 12.1 Å². The van der Waals surface area contributed by atoms with Crippen molar-refractivity contribution in [3.05, 3.63) is 100 Å². The third-order valence-corrected chi connectivity index (χ3v) is 8.02. The smallest absolute Gasteiger partial charge is 0.271 e. The zero-order valence-electron chi connectivity index (χ0n) is 22.2. The van der Waals surface area contributed by atoms with Crippen LogP contribution >= 0.6 is 0 Å². The summed E-state index contributed by atoms with van der Waals surface area (Å²) in [5.41, 5.74) is -0.348. The van der Waals surface area contributed by atoms with Gasteiger partial charge in [0.25, 0.3) is 15.7 Å². The van der Waals surface area contributed by atoms with Crippen LogP contribution in [-0.4, -0.2) is 49.2 Å². The first-order valence-electron chi connectivity index (χ1n) is 12.7. The molecule has 10 nitrogen and oxygen atoms in total. The molecule has 3 aromatic rings. The van der Waals surface area contributed by atoms with Crippen molar-refractivity contribution < 1.29 is 27.3 Å². The lowest BCUT2D eigenvalue weighted by atomic mass is 10.1. The first-order valence-corrected chi connectivity index (χ1v) is 14.1. The highest BCUT2D eigenvalue weighted by atomic mass is 32.2. The van der Waals surface area contributed by atoms with Crippen LogP contribution in [-0.2, 0) is 26.2 Å². The van der Waals surface area contributed by atoms with Crippen molar-refractivity contribution in [2.24, 2.45) is 0 Å². The Morgan fingerprint density at radius 3 is 2.35 bits per heavy atom. The number of nitro groups is 1. The molecule has 1 atom stereocenters. The molecule has 0 saturated heterocycles. The van der Waals surface area contributed by atoms with E-state index in [0.717, 1.165) is 28.1 Å². The number of anilines is 1. The van der Waals surface area contributed by atoms with Crippen molar-refractivity contribution in [1.82, 2.24) is 10.2 Å². The number of carbonyl (C=O) groups is 2. The molecule has 0 unspecified atom stereocenters. The number of nitrogens with zero attached hydrogens (tertiary/aromatic N) is 3. The van der Waals surface area contributed by atoms with Crippen LogP contribution < -0.4 is 9.62 Å². The highest BCUT2D eigenvalue weighted by molar-refractivity contribution is 7.92. The van der Waals surface area contributed by atoms with E-state index in [1.807, 2.05) is 6.92 Å². The number of rotatable bonds is 13. The van der Waals surface area contributed by atoms with Gasteiger partial charge in [-0.05, 0) is 37.6 Å². The standard InChI is InChI=1S/C28H31FN4O6S/c1-3-4-17-30-28(35)21(2)31(19-22-11-8-9-16-26(22)29)27(34)20-32(23-12-10-13-24(18-23)33(36)37)40(38,39)25-14-6-5-7-15-25/h5-16,18,21H,3-4,17,19-20H2,1-2H3,(H,30,35)/t21-/m1/s1. The largest absolute Gasteiger partial charge is 0.354 e. The zero-order chi connectivity index (χ0) is 29.3. The van der Waals surface area contributed by atoms with Gasteiger partial charge in [-0.1, -0.05) is 55.8 Å². The van der Waals surface area contributed by atoms with E-state index < -0.39 is 45.2 Å². The molecular formula is C28H31FN4O6S. The minimum absolute atomic E-state index is 0.114. The fourth-order valence-corrected chi connectivity index (χ4v) is 5.37. The average Bonchev–Trinajstić information content (AvgIpc) is 2.95. The summed E-state index contributed by atoms with van der Waals surface area (Å²) in [6, 6.07) is 16.9. The zero-order valence-corrected chi connectivity index (χ0v) is 23.0. The maximum absolute atomic E-state index is 14.6. The van der Waals surface area contributed by atoms with Gasteiger partial charge >= 0.3 is 0 Å². The second-order valence-electron chi connectivity index (χ2n) is 9.04. The fraction of sp³-hybridized carbons (Fsp3) is 0.286. The third-order valence-electron chi connectivity index (χ3n) is 6.23. The second kappa shape index (κ2) is 13.7. The lowest BCUT2D eigenvalue weighted by Gasteiger charge is -2.32. The number of nitro benzene ring substituents is 1. The van der Waals surface area contributed by atoms with Crippen LogP contribution in [0.1, 0.15) is 32.3 Å². The molecule has 212 valence electrons. The van der Waals surface area contributed by atoms with E-state index in [0.29, 0.717) is 6.54 Å². The Hall–Kier alpha value is -4.32. The van der Waals surface area contributed by atoms with Crippen LogP contribution in [0.15, 0.2) is 83.8 Å². The lowest BCUT2D eigenvalue weighted by molar-refractivity contribution is -0.384. The summed E-state index contributed by atoms with van der Waals surface area (Å²) in [5.74, 6) is -1.87. The minimum atomic E-state index is -4.38. The van der Waals surface area contributed by atoms with Crippen molar-refractivity contribution in [1.29, 1.82) is 0 Å². The second-order valence-corrected chi connectivity index (χ2v) is 10.9. The predicted molar refractivity (Wildman–Crippen MR) is 148 cm³/mol. The van der Waals surface area contributed by atoms with Crippen molar-refractivity contribution in [2.75, 3.05) is 17.4 Å². The molecule has 2 amide bonds. The molecule has 3 aromatic carbocycles. The molecule has 0 heterocycles. The Morgan fingerprint density at radius 1 is 1.02 bits per heavy atom. The Bertz CT molecular complexity index is 1450. The molecule has 0 aliphatic heterocycles. The van der Waals surface area contributed by atoms with Crippen molar-refractivity contribution >= 4 is 33.2 Å². The first-order chi connectivity index (χ1) is 19.1. The monoisotopic (exact) mass is 570 g/mol. The van der Waals surface area contributed by atoms with Gasteiger partial charge in [0, 0.05) is 30.8 Å². The summed E-state index contributed by atoms with van der Waals surface area (Å²) in [6.45, 7) is 2.72. The summed E-state index contributed by atoms with van der Waals surface area (Å²) in [7, 11) is -4.38. The number of nitrogens with one attached hydrogen (secondary N) is 1. The van der Waals surface area contributed by atoms with Crippen LogP contribution in [0.5, 0.6) is 0 Å². The summed E-state index contributed by atoms with van der Waals surface area (Å²) >= 11 is 0. The topological polar surface area (TPSA) is 130 Å². The molecule has 12 heteroatoms.